The van der Waals surface area contributed by atoms with Crippen molar-refractivity contribution >= 4 is 17.8 Å². The summed E-state index contributed by atoms with van der Waals surface area (Å²) in [5.74, 6) is 0.0527. The summed E-state index contributed by atoms with van der Waals surface area (Å²) in [6, 6.07) is 24.7. The second kappa shape index (κ2) is 11.7. The standard InChI is InChI=1S/C30H29NO7/c1-19(32)31-26-27(34)28-25(18-35-29(38-28)22-10-6-3-7-11-22)37-30(26)36-23-15-12-20(13-16-23)14-17-24(33)21-8-4-2-5-9-21/h2-17,25-30,34H,18H2,1H3,(H,31,32)/b17-14+/t25-,26+,27+,28-,29+,30-/m1/s1. The topological polar surface area (TPSA) is 103 Å². The van der Waals surface area contributed by atoms with Crippen LogP contribution >= 0.6 is 0 Å². The van der Waals surface area contributed by atoms with Gasteiger partial charge in [-0.15, -0.1) is 0 Å². The van der Waals surface area contributed by atoms with Crippen LogP contribution in [0.5, 0.6) is 5.75 Å². The molecule has 2 fully saturated rings. The number of carbonyl (C=O) groups is 2. The zero-order valence-electron chi connectivity index (χ0n) is 20.8. The van der Waals surface area contributed by atoms with Crippen LogP contribution in [0.25, 0.3) is 6.08 Å². The normalized spacial score (nSPS) is 26.9. The number of aliphatic hydroxyl groups is 1. The lowest BCUT2D eigenvalue weighted by Crippen LogP contribution is -2.67. The molecule has 8 nitrogen and oxygen atoms in total. The van der Waals surface area contributed by atoms with Gasteiger partial charge in [0.2, 0.25) is 12.2 Å². The van der Waals surface area contributed by atoms with Crippen molar-refractivity contribution in [1.29, 1.82) is 0 Å². The number of aliphatic hydroxyl groups excluding tert-OH is 1. The molecule has 6 atom stereocenters. The Morgan fingerprint density at radius 2 is 1.63 bits per heavy atom. The van der Waals surface area contributed by atoms with E-state index in [0.29, 0.717) is 11.3 Å². The van der Waals surface area contributed by atoms with Crippen molar-refractivity contribution in [2.45, 2.75) is 43.9 Å². The van der Waals surface area contributed by atoms with Crippen molar-refractivity contribution < 1.29 is 33.6 Å². The molecule has 0 spiro atoms. The number of fused-ring (bicyclic) bond motifs is 1. The van der Waals surface area contributed by atoms with Gasteiger partial charge in [-0.3, -0.25) is 9.59 Å². The van der Waals surface area contributed by atoms with Gasteiger partial charge in [0.25, 0.3) is 0 Å². The van der Waals surface area contributed by atoms with E-state index < -0.39 is 36.9 Å². The molecule has 1 amide bonds. The van der Waals surface area contributed by atoms with Crippen LogP contribution in [0.4, 0.5) is 0 Å². The average Bonchev–Trinajstić information content (AvgIpc) is 2.95. The number of allylic oxidation sites excluding steroid dienone is 1. The smallest absolute Gasteiger partial charge is 0.223 e. The highest BCUT2D eigenvalue weighted by Crippen LogP contribution is 2.34. The molecule has 0 aromatic heterocycles. The van der Waals surface area contributed by atoms with Crippen molar-refractivity contribution in [3.8, 4) is 5.75 Å². The molecule has 0 aliphatic carbocycles. The number of carbonyl (C=O) groups excluding carboxylic acids is 2. The molecule has 3 aromatic carbocycles. The molecular weight excluding hydrogens is 486 g/mol. The zero-order valence-corrected chi connectivity index (χ0v) is 20.8. The van der Waals surface area contributed by atoms with Crippen LogP contribution in [-0.2, 0) is 19.0 Å². The first-order chi connectivity index (χ1) is 18.5. The summed E-state index contributed by atoms with van der Waals surface area (Å²) in [5, 5.41) is 13.9. The van der Waals surface area contributed by atoms with Gasteiger partial charge in [-0.2, -0.15) is 0 Å². The van der Waals surface area contributed by atoms with Crippen molar-refractivity contribution in [3.63, 3.8) is 0 Å². The van der Waals surface area contributed by atoms with E-state index in [1.807, 2.05) is 48.5 Å². The molecule has 0 unspecified atom stereocenters. The second-order valence-electron chi connectivity index (χ2n) is 9.19. The van der Waals surface area contributed by atoms with Gasteiger partial charge in [-0.1, -0.05) is 78.9 Å². The molecule has 2 aliphatic rings. The Labute approximate surface area is 220 Å². The molecule has 5 rings (SSSR count). The molecule has 3 aromatic rings. The molecule has 2 saturated heterocycles. The van der Waals surface area contributed by atoms with E-state index in [4.69, 9.17) is 18.9 Å². The maximum Gasteiger partial charge on any atom is 0.223 e. The predicted molar refractivity (Wildman–Crippen MR) is 139 cm³/mol. The Hall–Kier alpha value is -3.82. The van der Waals surface area contributed by atoms with Crippen LogP contribution < -0.4 is 10.1 Å². The predicted octanol–water partition coefficient (Wildman–Crippen LogP) is 3.67. The highest BCUT2D eigenvalue weighted by Gasteiger charge is 2.50. The van der Waals surface area contributed by atoms with Gasteiger partial charge >= 0.3 is 0 Å². The van der Waals surface area contributed by atoms with Crippen LogP contribution in [0.15, 0.2) is 91.0 Å². The SMILES string of the molecule is CC(=O)N[C@@H]1[C@H](Oc2ccc(/C=C/C(=O)c3ccccc3)cc2)O[C@@H]2CO[C@H](c3ccccc3)O[C@H]2[C@H]1O. The Morgan fingerprint density at radius 1 is 0.947 bits per heavy atom. The van der Waals surface area contributed by atoms with Gasteiger partial charge in [-0.05, 0) is 23.8 Å². The van der Waals surface area contributed by atoms with E-state index in [9.17, 15) is 14.7 Å². The lowest BCUT2D eigenvalue weighted by atomic mass is 9.95. The van der Waals surface area contributed by atoms with E-state index in [1.165, 1.54) is 13.0 Å². The minimum Gasteiger partial charge on any atom is -0.463 e. The quantitative estimate of drug-likeness (QED) is 0.366. The largest absolute Gasteiger partial charge is 0.463 e. The van der Waals surface area contributed by atoms with E-state index in [0.717, 1.165) is 11.1 Å². The highest BCUT2D eigenvalue weighted by atomic mass is 16.7. The van der Waals surface area contributed by atoms with Crippen LogP contribution in [0.3, 0.4) is 0 Å². The number of hydrogen-bond acceptors (Lipinski definition) is 7. The van der Waals surface area contributed by atoms with E-state index in [-0.39, 0.29) is 18.3 Å². The van der Waals surface area contributed by atoms with Crippen molar-refractivity contribution in [2.24, 2.45) is 0 Å². The molecule has 0 bridgehead atoms. The minimum atomic E-state index is -1.09. The summed E-state index contributed by atoms with van der Waals surface area (Å²) in [6.07, 6.45) is -0.789. The fourth-order valence-corrected chi connectivity index (χ4v) is 4.52. The van der Waals surface area contributed by atoms with E-state index in [2.05, 4.69) is 5.32 Å². The van der Waals surface area contributed by atoms with Crippen LogP contribution in [0.1, 0.15) is 34.7 Å². The maximum atomic E-state index is 12.3. The molecule has 38 heavy (non-hydrogen) atoms. The number of nitrogens with one attached hydrogen (secondary N) is 1. The van der Waals surface area contributed by atoms with Gasteiger partial charge in [0.1, 0.15) is 30.1 Å². The summed E-state index contributed by atoms with van der Waals surface area (Å²) in [5.41, 5.74) is 2.25. The summed E-state index contributed by atoms with van der Waals surface area (Å²) in [6.45, 7) is 1.55. The van der Waals surface area contributed by atoms with Gasteiger partial charge in [0.05, 0.1) is 6.61 Å². The van der Waals surface area contributed by atoms with Crippen molar-refractivity contribution in [3.05, 3.63) is 108 Å². The van der Waals surface area contributed by atoms with Crippen molar-refractivity contribution in [1.82, 2.24) is 5.32 Å². The summed E-state index contributed by atoms with van der Waals surface area (Å²) >= 11 is 0. The summed E-state index contributed by atoms with van der Waals surface area (Å²) < 4.78 is 24.1. The van der Waals surface area contributed by atoms with Gasteiger partial charge < -0.3 is 29.4 Å². The summed E-state index contributed by atoms with van der Waals surface area (Å²) in [7, 11) is 0. The number of ether oxygens (including phenoxy) is 4. The van der Waals surface area contributed by atoms with Crippen LogP contribution in [0.2, 0.25) is 0 Å². The number of rotatable bonds is 7. The molecule has 196 valence electrons. The van der Waals surface area contributed by atoms with Gasteiger partial charge in [-0.25, -0.2) is 0 Å². The fourth-order valence-electron chi connectivity index (χ4n) is 4.52. The van der Waals surface area contributed by atoms with E-state index >= 15 is 0 Å². The Balaban J connectivity index is 1.26. The number of benzene rings is 3. The highest BCUT2D eigenvalue weighted by molar-refractivity contribution is 6.06. The second-order valence-corrected chi connectivity index (χ2v) is 9.19. The lowest BCUT2D eigenvalue weighted by Gasteiger charge is -2.47. The molecule has 2 heterocycles. The molecule has 0 radical (unpaired) electrons. The third kappa shape index (κ3) is 6.00. The Morgan fingerprint density at radius 3 is 2.32 bits per heavy atom. The lowest BCUT2D eigenvalue weighted by molar-refractivity contribution is -0.333. The number of hydrogen-bond donors (Lipinski definition) is 2. The fraction of sp³-hybridized carbons (Fsp3) is 0.267. The molecule has 2 aliphatic heterocycles. The summed E-state index contributed by atoms with van der Waals surface area (Å²) in [4.78, 5) is 24.3. The zero-order chi connectivity index (χ0) is 26.5. The first kappa shape index (κ1) is 25.8. The van der Waals surface area contributed by atoms with Crippen molar-refractivity contribution in [2.75, 3.05) is 6.61 Å². The van der Waals surface area contributed by atoms with Crippen LogP contribution in [0, 0.1) is 0 Å². The molecule has 0 saturated carbocycles. The van der Waals surface area contributed by atoms with Gasteiger partial charge in [0, 0.05) is 18.1 Å². The first-order valence-electron chi connectivity index (χ1n) is 12.4. The molecule has 8 heteroatoms. The molecule has 2 N–H and O–H groups in total. The minimum absolute atomic E-state index is 0.0883. The maximum absolute atomic E-state index is 12.3. The third-order valence-electron chi connectivity index (χ3n) is 6.43. The van der Waals surface area contributed by atoms with Gasteiger partial charge in [0.15, 0.2) is 12.1 Å². The number of ketones is 1. The Bertz CT molecular complexity index is 1260. The average molecular weight is 516 g/mol. The first-order valence-corrected chi connectivity index (χ1v) is 12.4. The van der Waals surface area contributed by atoms with E-state index in [1.54, 1.807) is 42.5 Å². The third-order valence-corrected chi connectivity index (χ3v) is 6.43. The monoisotopic (exact) mass is 515 g/mol. The molecular formula is C30H29NO7. The van der Waals surface area contributed by atoms with Crippen LogP contribution in [-0.4, -0.2) is 54.0 Å². The Kier molecular flexibility index (Phi) is 7.95. The number of amides is 1.